The van der Waals surface area contributed by atoms with Gasteiger partial charge in [0.1, 0.15) is 0 Å². The zero-order valence-corrected chi connectivity index (χ0v) is 7.92. The fraction of sp³-hybridized carbons (Fsp3) is 0.700. The molecule has 0 radical (unpaired) electrons. The molecule has 0 bridgehead atoms. The summed E-state index contributed by atoms with van der Waals surface area (Å²) >= 11 is 0. The first-order valence-electron chi connectivity index (χ1n) is 4.25. The average Bonchev–Trinajstić information content (AvgIpc) is 1.83. The molecule has 0 spiro atoms. The van der Waals surface area contributed by atoms with Crippen molar-refractivity contribution in [3.63, 3.8) is 0 Å². The summed E-state index contributed by atoms with van der Waals surface area (Å²) in [6, 6.07) is 0. The highest BCUT2D eigenvalue weighted by Crippen LogP contribution is 2.53. The van der Waals surface area contributed by atoms with Gasteiger partial charge in [-0.15, -0.1) is 0 Å². The van der Waals surface area contributed by atoms with Crippen molar-refractivity contribution in [2.24, 2.45) is 17.3 Å². The van der Waals surface area contributed by atoms with E-state index in [9.17, 15) is 4.79 Å². The third kappa shape index (κ3) is 1.15. The lowest BCUT2D eigenvalue weighted by Gasteiger charge is -2.50. The summed E-state index contributed by atoms with van der Waals surface area (Å²) in [6.07, 6.45) is 0.762. The Morgan fingerprint density at radius 2 is 2.00 bits per heavy atom. The molecule has 68 valence electrons. The molecule has 0 unspecified atom stereocenters. The van der Waals surface area contributed by atoms with Gasteiger partial charge in [-0.05, 0) is 24.7 Å². The van der Waals surface area contributed by atoms with Gasteiger partial charge in [0.25, 0.3) is 0 Å². The van der Waals surface area contributed by atoms with Crippen LogP contribution in [0.4, 0.5) is 0 Å². The van der Waals surface area contributed by atoms with E-state index in [1.54, 1.807) is 0 Å². The molecule has 1 saturated carbocycles. The fourth-order valence-electron chi connectivity index (χ4n) is 2.18. The van der Waals surface area contributed by atoms with Crippen molar-refractivity contribution in [1.29, 1.82) is 0 Å². The molecular weight excluding hydrogens is 152 g/mol. The van der Waals surface area contributed by atoms with Crippen LogP contribution in [-0.2, 0) is 4.79 Å². The van der Waals surface area contributed by atoms with Crippen molar-refractivity contribution in [2.45, 2.75) is 27.2 Å². The normalized spacial score (nSPS) is 32.2. The van der Waals surface area contributed by atoms with E-state index in [4.69, 9.17) is 5.11 Å². The van der Waals surface area contributed by atoms with Gasteiger partial charge in [0.2, 0.25) is 0 Å². The Balaban J connectivity index is 2.72. The van der Waals surface area contributed by atoms with Crippen LogP contribution >= 0.6 is 0 Å². The van der Waals surface area contributed by atoms with Gasteiger partial charge in [0.05, 0.1) is 5.92 Å². The Morgan fingerprint density at radius 3 is 2.25 bits per heavy atom. The third-order valence-electron chi connectivity index (χ3n) is 3.16. The van der Waals surface area contributed by atoms with Crippen molar-refractivity contribution in [1.82, 2.24) is 0 Å². The van der Waals surface area contributed by atoms with Gasteiger partial charge in [0.15, 0.2) is 0 Å². The fourth-order valence-corrected chi connectivity index (χ4v) is 2.18. The van der Waals surface area contributed by atoms with Crippen LogP contribution in [0, 0.1) is 17.3 Å². The van der Waals surface area contributed by atoms with E-state index < -0.39 is 5.97 Å². The molecule has 12 heavy (non-hydrogen) atoms. The van der Waals surface area contributed by atoms with Gasteiger partial charge in [-0.25, -0.2) is 0 Å². The predicted molar refractivity (Wildman–Crippen MR) is 47.8 cm³/mol. The largest absolute Gasteiger partial charge is 0.481 e. The summed E-state index contributed by atoms with van der Waals surface area (Å²) < 4.78 is 0. The molecule has 0 heterocycles. The maximum atomic E-state index is 10.7. The Bertz CT molecular complexity index is 206. The number of rotatable bonds is 2. The van der Waals surface area contributed by atoms with Crippen molar-refractivity contribution >= 4 is 5.97 Å². The Morgan fingerprint density at radius 1 is 1.50 bits per heavy atom. The van der Waals surface area contributed by atoms with E-state index in [0.717, 1.165) is 12.0 Å². The minimum Gasteiger partial charge on any atom is -0.481 e. The van der Waals surface area contributed by atoms with Gasteiger partial charge in [-0.2, -0.15) is 0 Å². The number of hydrogen-bond acceptors (Lipinski definition) is 1. The van der Waals surface area contributed by atoms with Crippen LogP contribution in [0.15, 0.2) is 12.2 Å². The van der Waals surface area contributed by atoms with Gasteiger partial charge in [0, 0.05) is 0 Å². The molecule has 0 aliphatic heterocycles. The average molecular weight is 168 g/mol. The molecule has 2 heteroatoms. The second-order valence-corrected chi connectivity index (χ2v) is 4.35. The van der Waals surface area contributed by atoms with Crippen LogP contribution in [0.1, 0.15) is 27.2 Å². The van der Waals surface area contributed by atoms with E-state index in [2.05, 4.69) is 6.58 Å². The molecule has 1 N–H and O–H groups in total. The maximum Gasteiger partial charge on any atom is 0.307 e. The van der Waals surface area contributed by atoms with Gasteiger partial charge >= 0.3 is 5.97 Å². The number of hydrogen-bond donors (Lipinski definition) is 1. The smallest absolute Gasteiger partial charge is 0.307 e. The van der Waals surface area contributed by atoms with E-state index in [1.807, 2.05) is 20.8 Å². The van der Waals surface area contributed by atoms with Crippen LogP contribution in [0.5, 0.6) is 0 Å². The van der Waals surface area contributed by atoms with Gasteiger partial charge in [-0.1, -0.05) is 26.0 Å². The van der Waals surface area contributed by atoms with Crippen LogP contribution in [-0.4, -0.2) is 11.1 Å². The third-order valence-corrected chi connectivity index (χ3v) is 3.16. The Hall–Kier alpha value is -0.790. The first-order chi connectivity index (χ1) is 5.37. The van der Waals surface area contributed by atoms with Crippen molar-refractivity contribution < 1.29 is 9.90 Å². The molecule has 2 atom stereocenters. The molecule has 0 saturated heterocycles. The maximum absolute atomic E-state index is 10.7. The van der Waals surface area contributed by atoms with Gasteiger partial charge < -0.3 is 5.11 Å². The topological polar surface area (TPSA) is 37.3 Å². The first kappa shape index (κ1) is 9.30. The Kier molecular flexibility index (Phi) is 2.02. The molecular formula is C10H16O2. The quantitative estimate of drug-likeness (QED) is 0.642. The molecule has 1 rings (SSSR count). The number of aliphatic carboxylic acids is 1. The van der Waals surface area contributed by atoms with Crippen molar-refractivity contribution in [3.8, 4) is 0 Å². The molecule has 2 nitrogen and oxygen atoms in total. The van der Waals surface area contributed by atoms with E-state index in [1.165, 1.54) is 0 Å². The lowest BCUT2D eigenvalue weighted by molar-refractivity contribution is -0.156. The van der Waals surface area contributed by atoms with E-state index in [0.29, 0.717) is 5.92 Å². The monoisotopic (exact) mass is 168 g/mol. The second-order valence-electron chi connectivity index (χ2n) is 4.35. The first-order valence-corrected chi connectivity index (χ1v) is 4.25. The summed E-state index contributed by atoms with van der Waals surface area (Å²) in [4.78, 5) is 10.7. The highest BCUT2D eigenvalue weighted by molar-refractivity contribution is 5.72. The van der Waals surface area contributed by atoms with Crippen LogP contribution in [0.3, 0.4) is 0 Å². The minimum absolute atomic E-state index is 0.0995. The minimum atomic E-state index is -0.669. The number of carboxylic acid groups (broad SMARTS) is 1. The van der Waals surface area contributed by atoms with Crippen molar-refractivity contribution in [2.75, 3.05) is 0 Å². The standard InChI is InChI=1S/C10H16O2/c1-6(2)7-5-8(9(11)12)10(7,3)4/h7-8H,1,5H2,2-4H3,(H,11,12)/t7-,8+/m1/s1. The van der Waals surface area contributed by atoms with E-state index >= 15 is 0 Å². The number of allylic oxidation sites excluding steroid dienone is 1. The lowest BCUT2D eigenvalue weighted by Crippen LogP contribution is -2.49. The SMILES string of the molecule is C=C(C)[C@H]1C[C@@H](C(=O)O)C1(C)C. The zero-order chi connectivity index (χ0) is 9.52. The molecule has 0 aromatic heterocycles. The molecule has 1 aliphatic rings. The van der Waals surface area contributed by atoms with Gasteiger partial charge in [-0.3, -0.25) is 4.79 Å². The molecule has 1 fully saturated rings. The lowest BCUT2D eigenvalue weighted by atomic mass is 9.53. The Labute approximate surface area is 73.3 Å². The zero-order valence-electron chi connectivity index (χ0n) is 7.92. The summed E-state index contributed by atoms with van der Waals surface area (Å²) in [6.45, 7) is 9.87. The summed E-state index contributed by atoms with van der Waals surface area (Å²) in [5, 5.41) is 8.84. The highest BCUT2D eigenvalue weighted by atomic mass is 16.4. The van der Waals surface area contributed by atoms with Crippen molar-refractivity contribution in [3.05, 3.63) is 12.2 Å². The molecule has 0 aromatic rings. The molecule has 0 amide bonds. The molecule has 1 aliphatic carbocycles. The second kappa shape index (κ2) is 2.61. The predicted octanol–water partition coefficient (Wildman–Crippen LogP) is 2.31. The number of carboxylic acids is 1. The van der Waals surface area contributed by atoms with Crippen LogP contribution in [0.2, 0.25) is 0 Å². The van der Waals surface area contributed by atoms with Crippen LogP contribution in [0.25, 0.3) is 0 Å². The number of carbonyl (C=O) groups is 1. The summed E-state index contributed by atoms with van der Waals surface area (Å²) in [7, 11) is 0. The highest BCUT2D eigenvalue weighted by Gasteiger charge is 2.51. The summed E-state index contributed by atoms with van der Waals surface area (Å²) in [5.74, 6) is -0.463. The summed E-state index contributed by atoms with van der Waals surface area (Å²) in [5.41, 5.74) is 1.01. The van der Waals surface area contributed by atoms with E-state index in [-0.39, 0.29) is 11.3 Å². The van der Waals surface area contributed by atoms with Crippen LogP contribution < -0.4 is 0 Å². The molecule has 0 aromatic carbocycles.